The quantitative estimate of drug-likeness (QED) is 0.903. The van der Waals surface area contributed by atoms with Gasteiger partial charge in [-0.1, -0.05) is 0 Å². The summed E-state index contributed by atoms with van der Waals surface area (Å²) in [6.07, 6.45) is 2.84. The van der Waals surface area contributed by atoms with Gasteiger partial charge in [-0.3, -0.25) is 4.90 Å². The molecule has 1 aliphatic heterocycles. The molecule has 100 valence electrons. The van der Waals surface area contributed by atoms with Crippen LogP contribution in [-0.2, 0) is 6.54 Å². The van der Waals surface area contributed by atoms with Gasteiger partial charge >= 0.3 is 0 Å². The third-order valence-corrected chi connectivity index (χ3v) is 5.76. The fourth-order valence-electron chi connectivity index (χ4n) is 3.10. The number of rotatable bonds is 3. The average molecular weight is 264 g/mol. The van der Waals surface area contributed by atoms with E-state index in [0.717, 1.165) is 19.0 Å². The molecule has 2 nitrogen and oxygen atoms in total. The molecule has 0 spiro atoms. The van der Waals surface area contributed by atoms with E-state index >= 15 is 0 Å². The van der Waals surface area contributed by atoms with Gasteiger partial charge in [0.1, 0.15) is 0 Å². The molecule has 0 aromatic carbocycles. The summed E-state index contributed by atoms with van der Waals surface area (Å²) < 4.78 is 0. The van der Waals surface area contributed by atoms with Gasteiger partial charge in [-0.15, -0.1) is 11.3 Å². The van der Waals surface area contributed by atoms with Crippen molar-refractivity contribution in [3.05, 3.63) is 21.9 Å². The monoisotopic (exact) mass is 264 g/mol. The first-order valence-corrected chi connectivity index (χ1v) is 7.98. The van der Waals surface area contributed by atoms with Gasteiger partial charge in [0.2, 0.25) is 0 Å². The van der Waals surface area contributed by atoms with E-state index in [1.165, 1.54) is 24.9 Å². The van der Waals surface area contributed by atoms with Crippen LogP contribution in [0.3, 0.4) is 0 Å². The predicted octanol–water partition coefficient (Wildman–Crippen LogP) is 3.02. The maximum atomic E-state index is 3.79. The minimum absolute atomic E-state index is 0.359. The molecule has 1 aromatic rings. The minimum atomic E-state index is 0.359. The maximum absolute atomic E-state index is 3.79. The van der Waals surface area contributed by atoms with Gasteiger partial charge in [0.15, 0.2) is 0 Å². The summed E-state index contributed by atoms with van der Waals surface area (Å²) in [5.41, 5.74) is 1.82. The van der Waals surface area contributed by atoms with Crippen molar-refractivity contribution in [2.45, 2.75) is 51.7 Å². The van der Waals surface area contributed by atoms with Gasteiger partial charge in [-0.2, -0.15) is 0 Å². The Bertz CT molecular complexity index is 424. The number of hydrogen-bond donors (Lipinski definition) is 1. The third kappa shape index (κ3) is 2.36. The van der Waals surface area contributed by atoms with Crippen molar-refractivity contribution in [3.8, 4) is 0 Å². The Morgan fingerprint density at radius 1 is 1.50 bits per heavy atom. The second-order valence-corrected chi connectivity index (χ2v) is 7.35. The second-order valence-electron chi connectivity index (χ2n) is 6.35. The zero-order valence-electron chi connectivity index (χ0n) is 11.7. The molecule has 0 bridgehead atoms. The standard InChI is InChI=1S/C15H24N2S/c1-11-6-7-18-14(11)9-17-10-15(3,13-4-5-13)16-8-12(17)2/h6-7,12-13,16H,4-5,8-10H2,1-3H3. The van der Waals surface area contributed by atoms with Gasteiger partial charge in [0.25, 0.3) is 0 Å². The number of nitrogens with one attached hydrogen (secondary N) is 1. The van der Waals surface area contributed by atoms with Crippen LogP contribution in [0, 0.1) is 12.8 Å². The van der Waals surface area contributed by atoms with Crippen LogP contribution in [0.5, 0.6) is 0 Å². The maximum Gasteiger partial charge on any atom is 0.0334 e. The van der Waals surface area contributed by atoms with Gasteiger partial charge in [0.05, 0.1) is 0 Å². The molecule has 1 saturated carbocycles. The van der Waals surface area contributed by atoms with Crippen LogP contribution in [0.15, 0.2) is 11.4 Å². The molecule has 0 radical (unpaired) electrons. The van der Waals surface area contributed by atoms with Gasteiger partial charge in [-0.25, -0.2) is 0 Å². The molecule has 2 unspecified atom stereocenters. The third-order valence-electron chi connectivity index (χ3n) is 4.75. The summed E-state index contributed by atoms with van der Waals surface area (Å²) in [6.45, 7) is 10.5. The lowest BCUT2D eigenvalue weighted by Crippen LogP contribution is -2.62. The lowest BCUT2D eigenvalue weighted by molar-refractivity contribution is 0.0777. The molecule has 3 rings (SSSR count). The van der Waals surface area contributed by atoms with E-state index in [1.807, 2.05) is 11.3 Å². The summed E-state index contributed by atoms with van der Waals surface area (Å²) in [5.74, 6) is 0.914. The van der Waals surface area contributed by atoms with Crippen molar-refractivity contribution in [1.82, 2.24) is 10.2 Å². The zero-order valence-corrected chi connectivity index (χ0v) is 12.5. The summed E-state index contributed by atoms with van der Waals surface area (Å²) in [7, 11) is 0. The Labute approximate surface area is 114 Å². The van der Waals surface area contributed by atoms with E-state index in [4.69, 9.17) is 0 Å². The lowest BCUT2D eigenvalue weighted by atomic mass is 9.91. The smallest absolute Gasteiger partial charge is 0.0334 e. The molecule has 0 amide bonds. The van der Waals surface area contributed by atoms with Crippen LogP contribution in [-0.4, -0.2) is 29.6 Å². The molecular formula is C15H24N2S. The van der Waals surface area contributed by atoms with E-state index in [1.54, 1.807) is 4.88 Å². The molecule has 1 saturated heterocycles. The van der Waals surface area contributed by atoms with Crippen LogP contribution in [0.2, 0.25) is 0 Å². The molecule has 2 fully saturated rings. The molecule has 1 N–H and O–H groups in total. The first kappa shape index (κ1) is 12.6. The molecule has 2 heterocycles. The molecular weight excluding hydrogens is 240 g/mol. The fraction of sp³-hybridized carbons (Fsp3) is 0.733. The number of hydrogen-bond acceptors (Lipinski definition) is 3. The van der Waals surface area contributed by atoms with Crippen LogP contribution >= 0.6 is 11.3 Å². The van der Waals surface area contributed by atoms with E-state index in [0.29, 0.717) is 11.6 Å². The zero-order chi connectivity index (χ0) is 12.8. The van der Waals surface area contributed by atoms with E-state index in [2.05, 4.69) is 42.4 Å². The lowest BCUT2D eigenvalue weighted by Gasteiger charge is -2.45. The van der Waals surface area contributed by atoms with Crippen LogP contribution < -0.4 is 5.32 Å². The van der Waals surface area contributed by atoms with E-state index in [9.17, 15) is 0 Å². The van der Waals surface area contributed by atoms with Crippen molar-refractivity contribution >= 4 is 11.3 Å². The highest BCUT2D eigenvalue weighted by atomic mass is 32.1. The highest BCUT2D eigenvalue weighted by Gasteiger charge is 2.45. The first-order chi connectivity index (χ1) is 8.58. The average Bonchev–Trinajstić information content (AvgIpc) is 3.12. The predicted molar refractivity (Wildman–Crippen MR) is 78.1 cm³/mol. The van der Waals surface area contributed by atoms with Crippen LogP contribution in [0.25, 0.3) is 0 Å². The summed E-state index contributed by atoms with van der Waals surface area (Å²) >= 11 is 1.91. The topological polar surface area (TPSA) is 15.3 Å². The number of piperazine rings is 1. The highest BCUT2D eigenvalue weighted by molar-refractivity contribution is 7.10. The van der Waals surface area contributed by atoms with Crippen LogP contribution in [0.1, 0.15) is 37.1 Å². The van der Waals surface area contributed by atoms with Crippen molar-refractivity contribution in [2.75, 3.05) is 13.1 Å². The number of thiophene rings is 1. The number of nitrogens with zero attached hydrogens (tertiary/aromatic N) is 1. The van der Waals surface area contributed by atoms with Gasteiger partial charge in [-0.05, 0) is 56.5 Å². The Hall–Kier alpha value is -0.380. The van der Waals surface area contributed by atoms with Gasteiger partial charge in [0, 0.05) is 36.1 Å². The van der Waals surface area contributed by atoms with E-state index < -0.39 is 0 Å². The Balaban J connectivity index is 1.71. The summed E-state index contributed by atoms with van der Waals surface area (Å²) in [6, 6.07) is 2.89. The fourth-order valence-corrected chi connectivity index (χ4v) is 4.03. The molecule has 18 heavy (non-hydrogen) atoms. The Morgan fingerprint density at radius 3 is 2.89 bits per heavy atom. The van der Waals surface area contributed by atoms with Crippen molar-refractivity contribution < 1.29 is 0 Å². The molecule has 2 aliphatic rings. The minimum Gasteiger partial charge on any atom is -0.308 e. The number of aryl methyl sites for hydroxylation is 1. The highest BCUT2D eigenvalue weighted by Crippen LogP contribution is 2.41. The molecule has 2 atom stereocenters. The largest absolute Gasteiger partial charge is 0.308 e. The normalized spacial score (nSPS) is 33.8. The molecule has 1 aromatic heterocycles. The summed E-state index contributed by atoms with van der Waals surface area (Å²) in [4.78, 5) is 4.22. The SMILES string of the molecule is Cc1ccsc1CN1CC(C)(C2CC2)NCC1C. The van der Waals surface area contributed by atoms with Crippen LogP contribution in [0.4, 0.5) is 0 Å². The first-order valence-electron chi connectivity index (χ1n) is 7.10. The molecule has 3 heteroatoms. The van der Waals surface area contributed by atoms with Gasteiger partial charge < -0.3 is 5.32 Å². The van der Waals surface area contributed by atoms with Crippen molar-refractivity contribution in [2.24, 2.45) is 5.92 Å². The van der Waals surface area contributed by atoms with E-state index in [-0.39, 0.29) is 0 Å². The Morgan fingerprint density at radius 2 is 2.28 bits per heavy atom. The second kappa shape index (κ2) is 4.62. The molecule has 1 aliphatic carbocycles. The van der Waals surface area contributed by atoms with Crippen molar-refractivity contribution in [1.29, 1.82) is 0 Å². The Kier molecular flexibility index (Phi) is 3.25. The van der Waals surface area contributed by atoms with Crippen molar-refractivity contribution in [3.63, 3.8) is 0 Å². The summed E-state index contributed by atoms with van der Waals surface area (Å²) in [5, 5.41) is 6.01.